The van der Waals surface area contributed by atoms with Gasteiger partial charge in [0, 0.05) is 10.7 Å². The molecule has 2 aromatic rings. The van der Waals surface area contributed by atoms with E-state index in [0.29, 0.717) is 23.0 Å². The third-order valence-corrected chi connectivity index (χ3v) is 3.75. The second-order valence-corrected chi connectivity index (χ2v) is 5.43. The van der Waals surface area contributed by atoms with E-state index in [-0.39, 0.29) is 5.91 Å². The van der Waals surface area contributed by atoms with Crippen LogP contribution in [0.1, 0.15) is 12.5 Å². The molecule has 0 fully saturated rings. The van der Waals surface area contributed by atoms with Gasteiger partial charge in [-0.25, -0.2) is 0 Å². The van der Waals surface area contributed by atoms with Crippen LogP contribution in [0.15, 0.2) is 42.5 Å². The number of anilines is 2. The molecule has 5 heteroatoms. The Bertz CT molecular complexity index is 702. The Kier molecular flexibility index (Phi) is 3.47. The van der Waals surface area contributed by atoms with E-state index in [1.54, 1.807) is 24.0 Å². The van der Waals surface area contributed by atoms with E-state index in [2.05, 4.69) is 0 Å². The number of nitrogens with zero attached hydrogens (tertiary/aromatic N) is 1. The van der Waals surface area contributed by atoms with Gasteiger partial charge in [-0.2, -0.15) is 0 Å². The Hall–Kier alpha value is -2.20. The van der Waals surface area contributed by atoms with Gasteiger partial charge < -0.3 is 15.4 Å². The number of para-hydroxylation sites is 2. The van der Waals surface area contributed by atoms with E-state index in [0.717, 1.165) is 11.3 Å². The average molecular weight is 303 g/mol. The molecule has 1 aliphatic heterocycles. The van der Waals surface area contributed by atoms with Crippen molar-refractivity contribution in [2.45, 2.75) is 19.6 Å². The summed E-state index contributed by atoms with van der Waals surface area (Å²) in [5.74, 6) is 0.625. The Morgan fingerprint density at radius 2 is 2.05 bits per heavy atom. The lowest BCUT2D eigenvalue weighted by molar-refractivity contribution is -0.125. The lowest BCUT2D eigenvalue weighted by Gasteiger charge is -2.33. The van der Waals surface area contributed by atoms with Crippen molar-refractivity contribution in [2.24, 2.45) is 0 Å². The lowest BCUT2D eigenvalue weighted by Crippen LogP contribution is -2.44. The number of rotatable bonds is 2. The zero-order valence-electron chi connectivity index (χ0n) is 11.5. The molecule has 0 radical (unpaired) electrons. The average Bonchev–Trinajstić information content (AvgIpc) is 2.46. The van der Waals surface area contributed by atoms with Gasteiger partial charge >= 0.3 is 0 Å². The molecule has 1 amide bonds. The Morgan fingerprint density at radius 3 is 2.81 bits per heavy atom. The summed E-state index contributed by atoms with van der Waals surface area (Å²) in [4.78, 5) is 14.1. The van der Waals surface area contributed by atoms with E-state index >= 15 is 0 Å². The van der Waals surface area contributed by atoms with Crippen LogP contribution < -0.4 is 15.4 Å². The fourth-order valence-electron chi connectivity index (χ4n) is 2.40. The van der Waals surface area contributed by atoms with Gasteiger partial charge in [0.15, 0.2) is 6.10 Å². The van der Waals surface area contributed by atoms with Crippen LogP contribution in [0.4, 0.5) is 11.4 Å². The molecule has 1 aliphatic rings. The SMILES string of the molecule is CC1Oc2ccccc2N(Cc2ccc(Cl)cc2N)C1=O. The first-order chi connectivity index (χ1) is 10.1. The number of amides is 1. The number of nitrogen functional groups attached to an aromatic ring is 1. The number of fused-ring (bicyclic) bond motifs is 1. The van der Waals surface area contributed by atoms with Gasteiger partial charge in [-0.3, -0.25) is 4.79 Å². The maximum absolute atomic E-state index is 12.4. The third-order valence-electron chi connectivity index (χ3n) is 3.51. The topological polar surface area (TPSA) is 55.6 Å². The highest BCUT2D eigenvalue weighted by atomic mass is 35.5. The zero-order chi connectivity index (χ0) is 15.0. The Labute approximate surface area is 128 Å². The minimum atomic E-state index is -0.506. The van der Waals surface area contributed by atoms with Crippen molar-refractivity contribution in [3.05, 3.63) is 53.1 Å². The number of carbonyl (C=O) groups is 1. The van der Waals surface area contributed by atoms with Crippen molar-refractivity contribution < 1.29 is 9.53 Å². The monoisotopic (exact) mass is 302 g/mol. The van der Waals surface area contributed by atoms with Crippen LogP contribution in [0.25, 0.3) is 0 Å². The van der Waals surface area contributed by atoms with Crippen LogP contribution in [-0.4, -0.2) is 12.0 Å². The van der Waals surface area contributed by atoms with Crippen LogP contribution in [-0.2, 0) is 11.3 Å². The molecule has 0 bridgehead atoms. The minimum absolute atomic E-state index is 0.0805. The van der Waals surface area contributed by atoms with Gasteiger partial charge in [0.05, 0.1) is 12.2 Å². The van der Waals surface area contributed by atoms with Crippen LogP contribution >= 0.6 is 11.6 Å². The number of benzene rings is 2. The molecule has 4 nitrogen and oxygen atoms in total. The normalized spacial score (nSPS) is 17.3. The number of nitrogens with two attached hydrogens (primary N) is 1. The summed E-state index contributed by atoms with van der Waals surface area (Å²) >= 11 is 5.91. The lowest BCUT2D eigenvalue weighted by atomic mass is 10.1. The van der Waals surface area contributed by atoms with Crippen molar-refractivity contribution in [3.63, 3.8) is 0 Å². The first-order valence-electron chi connectivity index (χ1n) is 6.67. The highest BCUT2D eigenvalue weighted by Crippen LogP contribution is 2.35. The summed E-state index contributed by atoms with van der Waals surface area (Å²) in [5.41, 5.74) is 8.18. The number of hydrogen-bond acceptors (Lipinski definition) is 3. The summed E-state index contributed by atoms with van der Waals surface area (Å²) < 4.78 is 5.62. The first kappa shape index (κ1) is 13.8. The van der Waals surface area contributed by atoms with E-state index in [1.165, 1.54) is 0 Å². The van der Waals surface area contributed by atoms with Gasteiger partial charge in [-0.15, -0.1) is 0 Å². The van der Waals surface area contributed by atoms with E-state index in [9.17, 15) is 4.79 Å². The Morgan fingerprint density at radius 1 is 1.29 bits per heavy atom. The number of ether oxygens (including phenoxy) is 1. The predicted molar refractivity (Wildman–Crippen MR) is 83.6 cm³/mol. The molecule has 0 aliphatic carbocycles. The van der Waals surface area contributed by atoms with Crippen molar-refractivity contribution >= 4 is 28.9 Å². The fraction of sp³-hybridized carbons (Fsp3) is 0.188. The summed E-state index contributed by atoms with van der Waals surface area (Å²) in [6.45, 7) is 2.14. The van der Waals surface area contributed by atoms with Gasteiger partial charge in [0.1, 0.15) is 5.75 Å². The maximum Gasteiger partial charge on any atom is 0.268 e. The van der Waals surface area contributed by atoms with Crippen LogP contribution in [0.5, 0.6) is 5.75 Å². The molecule has 1 unspecified atom stereocenters. The summed E-state index contributed by atoms with van der Waals surface area (Å²) in [5, 5.41) is 0.582. The quantitative estimate of drug-likeness (QED) is 0.867. The third kappa shape index (κ3) is 2.54. The predicted octanol–water partition coefficient (Wildman–Crippen LogP) is 3.24. The van der Waals surface area contributed by atoms with Crippen molar-refractivity contribution in [1.82, 2.24) is 0 Å². The van der Waals surface area contributed by atoms with Crippen molar-refractivity contribution in [3.8, 4) is 5.75 Å². The molecule has 0 saturated carbocycles. The first-order valence-corrected chi connectivity index (χ1v) is 7.05. The Balaban J connectivity index is 1.99. The fourth-order valence-corrected chi connectivity index (χ4v) is 2.58. The van der Waals surface area contributed by atoms with Crippen molar-refractivity contribution in [1.29, 1.82) is 0 Å². The van der Waals surface area contributed by atoms with Gasteiger partial charge in [-0.1, -0.05) is 29.8 Å². The highest BCUT2D eigenvalue weighted by Gasteiger charge is 2.31. The van der Waals surface area contributed by atoms with Crippen LogP contribution in [0.2, 0.25) is 5.02 Å². The second-order valence-electron chi connectivity index (χ2n) is 5.00. The van der Waals surface area contributed by atoms with E-state index in [1.807, 2.05) is 30.3 Å². The molecule has 3 rings (SSSR count). The van der Waals surface area contributed by atoms with Gasteiger partial charge in [0.25, 0.3) is 5.91 Å². The second kappa shape index (κ2) is 5.30. The summed E-state index contributed by atoms with van der Waals surface area (Å²) in [7, 11) is 0. The summed E-state index contributed by atoms with van der Waals surface area (Å²) in [6.07, 6.45) is -0.506. The highest BCUT2D eigenvalue weighted by molar-refractivity contribution is 6.30. The number of hydrogen-bond donors (Lipinski definition) is 1. The van der Waals surface area contributed by atoms with E-state index < -0.39 is 6.10 Å². The van der Waals surface area contributed by atoms with Gasteiger partial charge in [-0.05, 0) is 36.8 Å². The molecule has 0 saturated heterocycles. The van der Waals surface area contributed by atoms with Crippen LogP contribution in [0.3, 0.4) is 0 Å². The minimum Gasteiger partial charge on any atom is -0.479 e. The maximum atomic E-state index is 12.4. The number of carbonyl (C=O) groups excluding carboxylic acids is 1. The molecule has 21 heavy (non-hydrogen) atoms. The van der Waals surface area contributed by atoms with Crippen molar-refractivity contribution in [2.75, 3.05) is 10.6 Å². The largest absolute Gasteiger partial charge is 0.479 e. The molecule has 2 aromatic carbocycles. The molecule has 0 aromatic heterocycles. The molecule has 1 atom stereocenters. The van der Waals surface area contributed by atoms with Gasteiger partial charge in [0.2, 0.25) is 0 Å². The standard InChI is InChI=1S/C16H15ClN2O2/c1-10-16(20)19(14-4-2-3-5-15(14)21-10)9-11-6-7-12(17)8-13(11)18/h2-8,10H,9,18H2,1H3. The molecule has 2 N–H and O–H groups in total. The summed E-state index contributed by atoms with van der Waals surface area (Å²) in [6, 6.07) is 12.8. The molecule has 1 heterocycles. The molecule has 0 spiro atoms. The molecular formula is C16H15ClN2O2. The number of halogens is 1. The molecular weight excluding hydrogens is 288 g/mol. The smallest absolute Gasteiger partial charge is 0.268 e. The van der Waals surface area contributed by atoms with E-state index in [4.69, 9.17) is 22.1 Å². The van der Waals surface area contributed by atoms with Crippen LogP contribution in [0, 0.1) is 0 Å². The zero-order valence-corrected chi connectivity index (χ0v) is 12.3. The molecule has 108 valence electrons.